The number of rotatable bonds is 2. The molecule has 1 aromatic carbocycles. The number of aliphatic hydroxyl groups is 2. The molecule has 2 aliphatic heterocycles. The van der Waals surface area contributed by atoms with Crippen LogP contribution in [0.1, 0.15) is 25.2 Å². The third kappa shape index (κ3) is 3.03. The number of amides is 1. The zero-order chi connectivity index (χ0) is 17.4. The minimum atomic E-state index is -0.893. The average Bonchev–Trinajstić information content (AvgIpc) is 3.02. The van der Waals surface area contributed by atoms with E-state index < -0.39 is 17.8 Å². The van der Waals surface area contributed by atoms with Gasteiger partial charge in [0.15, 0.2) is 5.58 Å². The molecule has 0 saturated carbocycles. The van der Waals surface area contributed by atoms with Crippen molar-refractivity contribution >= 4 is 17.0 Å². The van der Waals surface area contributed by atoms with Crippen molar-refractivity contribution in [3.8, 4) is 0 Å². The van der Waals surface area contributed by atoms with Crippen LogP contribution in [0.25, 0.3) is 11.1 Å². The van der Waals surface area contributed by atoms with E-state index >= 15 is 0 Å². The Morgan fingerprint density at radius 2 is 2.04 bits per heavy atom. The molecule has 7 nitrogen and oxygen atoms in total. The molecule has 2 aliphatic rings. The van der Waals surface area contributed by atoms with Crippen molar-refractivity contribution in [2.24, 2.45) is 0 Å². The fraction of sp³-hybridized carbons (Fsp3) is 0.556. The quantitative estimate of drug-likeness (QED) is 0.838. The van der Waals surface area contributed by atoms with Crippen molar-refractivity contribution in [2.75, 3.05) is 19.7 Å². The number of nitrogens with zero attached hydrogens (tertiary/aromatic N) is 2. The Balaban J connectivity index is 1.39. The predicted molar refractivity (Wildman–Crippen MR) is 88.8 cm³/mol. The molecule has 3 heterocycles. The zero-order valence-corrected chi connectivity index (χ0v) is 13.9. The number of benzene rings is 1. The number of carbonyl (C=O) groups is 1. The summed E-state index contributed by atoms with van der Waals surface area (Å²) in [5.74, 6) is 0.364. The molecule has 1 spiro atoms. The second-order valence-electron chi connectivity index (χ2n) is 6.85. The maximum absolute atomic E-state index is 12.5. The molecular weight excluding hydrogens is 324 g/mol. The van der Waals surface area contributed by atoms with E-state index in [-0.39, 0.29) is 12.3 Å². The van der Waals surface area contributed by atoms with Crippen molar-refractivity contribution in [3.05, 3.63) is 30.2 Å². The van der Waals surface area contributed by atoms with Gasteiger partial charge in [-0.2, -0.15) is 0 Å². The molecule has 2 N–H and O–H groups in total. The molecule has 25 heavy (non-hydrogen) atoms. The maximum Gasteiger partial charge on any atom is 0.231 e. The highest BCUT2D eigenvalue weighted by atomic mass is 16.5. The number of ether oxygens (including phenoxy) is 1. The number of fused-ring (bicyclic) bond motifs is 1. The lowest BCUT2D eigenvalue weighted by molar-refractivity contribution is -0.214. The second-order valence-corrected chi connectivity index (χ2v) is 6.85. The molecular formula is C18H22N2O5. The fourth-order valence-corrected chi connectivity index (χ4v) is 3.79. The van der Waals surface area contributed by atoms with E-state index in [9.17, 15) is 15.0 Å². The number of aliphatic hydroxyl groups excluding tert-OH is 2. The Morgan fingerprint density at radius 1 is 1.28 bits per heavy atom. The van der Waals surface area contributed by atoms with Gasteiger partial charge in [-0.15, -0.1) is 0 Å². The Morgan fingerprint density at radius 3 is 2.80 bits per heavy atom. The predicted octanol–water partition coefficient (Wildman–Crippen LogP) is 0.874. The molecule has 1 aromatic heterocycles. The third-order valence-corrected chi connectivity index (χ3v) is 5.31. The van der Waals surface area contributed by atoms with Crippen LogP contribution in [0.3, 0.4) is 0 Å². The molecule has 0 bridgehead atoms. The van der Waals surface area contributed by atoms with Gasteiger partial charge in [-0.1, -0.05) is 12.1 Å². The summed E-state index contributed by atoms with van der Waals surface area (Å²) >= 11 is 0. The second kappa shape index (κ2) is 6.40. The molecule has 0 aliphatic carbocycles. The van der Waals surface area contributed by atoms with Gasteiger partial charge in [0, 0.05) is 13.1 Å². The summed E-state index contributed by atoms with van der Waals surface area (Å²) in [7, 11) is 0. The highest BCUT2D eigenvalue weighted by molar-refractivity contribution is 5.79. The molecule has 2 aromatic rings. The number of oxazole rings is 1. The Hall–Kier alpha value is -1.96. The first-order valence-corrected chi connectivity index (χ1v) is 8.70. The maximum atomic E-state index is 12.5. The Labute approximate surface area is 145 Å². The van der Waals surface area contributed by atoms with Crippen molar-refractivity contribution in [3.63, 3.8) is 0 Å². The summed E-state index contributed by atoms with van der Waals surface area (Å²) in [5, 5.41) is 20.2. The molecule has 7 heteroatoms. The first-order valence-electron chi connectivity index (χ1n) is 8.70. The monoisotopic (exact) mass is 346 g/mol. The molecule has 1 amide bonds. The lowest BCUT2D eigenvalue weighted by Crippen LogP contribution is -2.60. The summed E-state index contributed by atoms with van der Waals surface area (Å²) in [4.78, 5) is 18.6. The molecule has 4 rings (SSSR count). The smallest absolute Gasteiger partial charge is 0.231 e. The molecule has 134 valence electrons. The molecule has 0 unspecified atom stereocenters. The van der Waals surface area contributed by atoms with Gasteiger partial charge >= 0.3 is 0 Å². The van der Waals surface area contributed by atoms with E-state index in [1.807, 2.05) is 24.3 Å². The van der Waals surface area contributed by atoms with Gasteiger partial charge < -0.3 is 24.3 Å². The summed E-state index contributed by atoms with van der Waals surface area (Å²) in [5.41, 5.74) is 0.692. The molecule has 2 fully saturated rings. The summed E-state index contributed by atoms with van der Waals surface area (Å²) in [6.07, 6.45) is -0.0437. The van der Waals surface area contributed by atoms with Crippen LogP contribution in [0.2, 0.25) is 0 Å². The Kier molecular flexibility index (Phi) is 4.23. The van der Waals surface area contributed by atoms with Crippen LogP contribution >= 0.6 is 0 Å². The Bertz CT molecular complexity index is 733. The van der Waals surface area contributed by atoms with Gasteiger partial charge in [0.2, 0.25) is 11.8 Å². The number of para-hydroxylation sites is 2. The first kappa shape index (κ1) is 16.5. The van der Waals surface area contributed by atoms with Crippen molar-refractivity contribution in [1.29, 1.82) is 0 Å². The number of hydrogen-bond donors (Lipinski definition) is 2. The molecule has 2 atom stereocenters. The van der Waals surface area contributed by atoms with Crippen molar-refractivity contribution in [1.82, 2.24) is 9.88 Å². The topological polar surface area (TPSA) is 96.0 Å². The van der Waals surface area contributed by atoms with Crippen LogP contribution in [-0.4, -0.2) is 63.5 Å². The normalized spacial score (nSPS) is 26.2. The minimum Gasteiger partial charge on any atom is -0.440 e. The van der Waals surface area contributed by atoms with Gasteiger partial charge in [-0.25, -0.2) is 4.98 Å². The SMILES string of the molecule is O=C(Cc1nc2ccccc2o1)N1CCC2(CC1)OCC[C@H](O)[C@@H]2O. The molecule has 0 radical (unpaired) electrons. The summed E-state index contributed by atoms with van der Waals surface area (Å²) < 4.78 is 11.4. The number of aromatic nitrogens is 1. The van der Waals surface area contributed by atoms with Gasteiger partial charge in [-0.3, -0.25) is 4.79 Å². The number of hydrogen-bond acceptors (Lipinski definition) is 6. The van der Waals surface area contributed by atoms with E-state index in [4.69, 9.17) is 9.15 Å². The van der Waals surface area contributed by atoms with E-state index in [1.54, 1.807) is 4.90 Å². The zero-order valence-electron chi connectivity index (χ0n) is 13.9. The van der Waals surface area contributed by atoms with E-state index in [0.717, 1.165) is 5.52 Å². The largest absolute Gasteiger partial charge is 0.440 e. The van der Waals surface area contributed by atoms with Gasteiger partial charge in [-0.05, 0) is 31.4 Å². The highest BCUT2D eigenvalue weighted by Crippen LogP contribution is 2.35. The lowest BCUT2D eigenvalue weighted by Gasteiger charge is -2.48. The van der Waals surface area contributed by atoms with Crippen LogP contribution in [0.5, 0.6) is 0 Å². The van der Waals surface area contributed by atoms with E-state index in [2.05, 4.69) is 4.98 Å². The van der Waals surface area contributed by atoms with Crippen LogP contribution < -0.4 is 0 Å². The lowest BCUT2D eigenvalue weighted by atomic mass is 9.80. The highest BCUT2D eigenvalue weighted by Gasteiger charge is 2.48. The number of carbonyl (C=O) groups excluding carboxylic acids is 1. The average molecular weight is 346 g/mol. The van der Waals surface area contributed by atoms with Gasteiger partial charge in [0.25, 0.3) is 0 Å². The minimum absolute atomic E-state index is 0.0488. The first-order chi connectivity index (χ1) is 12.1. The van der Waals surface area contributed by atoms with Crippen LogP contribution in [0.15, 0.2) is 28.7 Å². The number of likely N-dealkylation sites (tertiary alicyclic amines) is 1. The van der Waals surface area contributed by atoms with Crippen molar-refractivity contribution < 1.29 is 24.2 Å². The van der Waals surface area contributed by atoms with Gasteiger partial charge in [0.1, 0.15) is 18.0 Å². The van der Waals surface area contributed by atoms with E-state index in [0.29, 0.717) is 50.4 Å². The van der Waals surface area contributed by atoms with Crippen molar-refractivity contribution in [2.45, 2.75) is 43.5 Å². The summed E-state index contributed by atoms with van der Waals surface area (Å²) in [6, 6.07) is 7.43. The number of piperidine rings is 1. The van der Waals surface area contributed by atoms with Crippen LogP contribution in [-0.2, 0) is 16.0 Å². The fourth-order valence-electron chi connectivity index (χ4n) is 3.79. The van der Waals surface area contributed by atoms with Crippen LogP contribution in [0.4, 0.5) is 0 Å². The third-order valence-electron chi connectivity index (χ3n) is 5.31. The van der Waals surface area contributed by atoms with Gasteiger partial charge in [0.05, 0.1) is 18.3 Å². The van der Waals surface area contributed by atoms with Crippen LogP contribution in [0, 0.1) is 0 Å². The standard InChI is InChI=1S/C18H22N2O5/c21-13-5-10-24-18(17(13)23)6-8-20(9-7-18)16(22)11-15-19-12-3-1-2-4-14(12)25-15/h1-4,13,17,21,23H,5-11H2/t13-,17-/m0/s1. The summed E-state index contributed by atoms with van der Waals surface area (Å²) in [6.45, 7) is 1.42. The molecule has 2 saturated heterocycles. The van der Waals surface area contributed by atoms with E-state index in [1.165, 1.54) is 0 Å².